The maximum absolute atomic E-state index is 12.5. The molecule has 3 atom stereocenters. The Hall–Kier alpha value is -2.22. The van der Waals surface area contributed by atoms with E-state index in [0.717, 1.165) is 25.1 Å². The first-order chi connectivity index (χ1) is 12.7. The Kier molecular flexibility index (Phi) is 5.01. The Bertz CT molecular complexity index is 748. The van der Waals surface area contributed by atoms with Gasteiger partial charge in [0.15, 0.2) is 11.5 Å². The van der Waals surface area contributed by atoms with Crippen molar-refractivity contribution in [2.24, 2.45) is 0 Å². The number of benzene rings is 1. The number of hydrogen-bond donors (Lipinski definition) is 2. The lowest BCUT2D eigenvalue weighted by Crippen LogP contribution is -2.46. The predicted molar refractivity (Wildman–Crippen MR) is 94.6 cm³/mol. The Morgan fingerprint density at radius 3 is 2.96 bits per heavy atom. The monoisotopic (exact) mass is 357 g/mol. The standard InChI is InChI=1S/C19H23N3O4/c23-7-6-16-11-22-10-14(8-15(22)12-25-16)20-19(24)17-9-18(26-21-17)13-4-2-1-3-5-13/h1-5,9,14-16,23H,6-8,10-12H2,(H,20,24)/t14-,15-,16-/m0/s1. The predicted octanol–water partition coefficient (Wildman–Crippen LogP) is 1.30. The van der Waals surface area contributed by atoms with E-state index in [-0.39, 0.29) is 24.7 Å². The summed E-state index contributed by atoms with van der Waals surface area (Å²) in [5.74, 6) is 0.369. The van der Waals surface area contributed by atoms with Crippen molar-refractivity contribution in [2.45, 2.75) is 31.0 Å². The first kappa shape index (κ1) is 17.2. The van der Waals surface area contributed by atoms with E-state index >= 15 is 0 Å². The van der Waals surface area contributed by atoms with E-state index in [0.29, 0.717) is 30.5 Å². The lowest BCUT2D eigenvalue weighted by atomic mass is 10.1. The fourth-order valence-corrected chi connectivity index (χ4v) is 3.75. The molecule has 2 aromatic rings. The van der Waals surface area contributed by atoms with E-state index in [1.54, 1.807) is 6.07 Å². The average Bonchev–Trinajstić information content (AvgIpc) is 3.29. The molecule has 0 radical (unpaired) electrons. The highest BCUT2D eigenvalue weighted by atomic mass is 16.5. The summed E-state index contributed by atoms with van der Waals surface area (Å²) < 4.78 is 11.1. The molecule has 0 saturated carbocycles. The van der Waals surface area contributed by atoms with E-state index < -0.39 is 0 Å². The van der Waals surface area contributed by atoms with Gasteiger partial charge in [0, 0.05) is 43.4 Å². The normalized spacial score (nSPS) is 25.8. The number of rotatable bonds is 5. The molecule has 26 heavy (non-hydrogen) atoms. The lowest BCUT2D eigenvalue weighted by Gasteiger charge is -2.34. The van der Waals surface area contributed by atoms with E-state index in [1.165, 1.54) is 0 Å². The van der Waals surface area contributed by atoms with Gasteiger partial charge in [0.25, 0.3) is 5.91 Å². The molecule has 2 aliphatic rings. The van der Waals surface area contributed by atoms with Crippen LogP contribution in [0.25, 0.3) is 11.3 Å². The van der Waals surface area contributed by atoms with Gasteiger partial charge in [-0.2, -0.15) is 0 Å². The van der Waals surface area contributed by atoms with Crippen molar-refractivity contribution >= 4 is 5.91 Å². The summed E-state index contributed by atoms with van der Waals surface area (Å²) in [5.41, 5.74) is 1.19. The summed E-state index contributed by atoms with van der Waals surface area (Å²) in [4.78, 5) is 14.8. The molecule has 7 nitrogen and oxygen atoms in total. The van der Waals surface area contributed by atoms with Crippen LogP contribution in [0.1, 0.15) is 23.3 Å². The maximum Gasteiger partial charge on any atom is 0.273 e. The number of hydrogen-bond acceptors (Lipinski definition) is 6. The lowest BCUT2D eigenvalue weighted by molar-refractivity contribution is -0.0566. The van der Waals surface area contributed by atoms with Crippen LogP contribution in [0.2, 0.25) is 0 Å². The van der Waals surface area contributed by atoms with Gasteiger partial charge >= 0.3 is 0 Å². The second-order valence-corrected chi connectivity index (χ2v) is 6.92. The third-order valence-electron chi connectivity index (χ3n) is 5.08. The molecule has 2 saturated heterocycles. The van der Waals surface area contributed by atoms with Crippen LogP contribution in [0.5, 0.6) is 0 Å². The third-order valence-corrected chi connectivity index (χ3v) is 5.08. The van der Waals surface area contributed by atoms with Gasteiger partial charge in [-0.15, -0.1) is 0 Å². The zero-order valence-corrected chi connectivity index (χ0v) is 14.5. The van der Waals surface area contributed by atoms with Crippen molar-refractivity contribution in [3.8, 4) is 11.3 Å². The minimum absolute atomic E-state index is 0.0702. The second kappa shape index (κ2) is 7.57. The zero-order valence-electron chi connectivity index (χ0n) is 14.5. The van der Waals surface area contributed by atoms with Crippen molar-refractivity contribution in [1.29, 1.82) is 0 Å². The largest absolute Gasteiger partial charge is 0.396 e. The van der Waals surface area contributed by atoms with E-state index in [9.17, 15) is 4.79 Å². The Morgan fingerprint density at radius 1 is 1.31 bits per heavy atom. The summed E-state index contributed by atoms with van der Waals surface area (Å²) in [6.07, 6.45) is 1.59. The van der Waals surface area contributed by atoms with Crippen LogP contribution in [-0.2, 0) is 4.74 Å². The highest BCUT2D eigenvalue weighted by molar-refractivity contribution is 5.93. The summed E-state index contributed by atoms with van der Waals surface area (Å²) in [7, 11) is 0. The number of aliphatic hydroxyl groups excluding tert-OH is 1. The van der Waals surface area contributed by atoms with E-state index in [4.69, 9.17) is 14.4 Å². The van der Waals surface area contributed by atoms with Gasteiger partial charge in [-0.25, -0.2) is 0 Å². The summed E-state index contributed by atoms with van der Waals surface area (Å²) in [5, 5.41) is 16.0. The van der Waals surface area contributed by atoms with Crippen molar-refractivity contribution in [3.05, 3.63) is 42.1 Å². The number of morpholine rings is 1. The van der Waals surface area contributed by atoms with Crippen LogP contribution in [0.15, 0.2) is 40.9 Å². The van der Waals surface area contributed by atoms with Crippen molar-refractivity contribution in [3.63, 3.8) is 0 Å². The molecule has 2 aliphatic heterocycles. The number of carbonyl (C=O) groups excluding carboxylic acids is 1. The third kappa shape index (κ3) is 3.65. The molecule has 0 spiro atoms. The molecule has 1 aromatic carbocycles. The van der Waals surface area contributed by atoms with Crippen LogP contribution >= 0.6 is 0 Å². The van der Waals surface area contributed by atoms with Gasteiger partial charge in [0.05, 0.1) is 12.7 Å². The number of ether oxygens (including phenoxy) is 1. The molecule has 1 aromatic heterocycles. The number of nitrogens with zero attached hydrogens (tertiary/aromatic N) is 2. The SMILES string of the molecule is O=C(N[C@H]1C[C@H]2CO[C@@H](CCO)CN2C1)c1cc(-c2ccccc2)on1. The van der Waals surface area contributed by atoms with Crippen molar-refractivity contribution in [2.75, 3.05) is 26.3 Å². The number of aliphatic hydroxyl groups is 1. The first-order valence-electron chi connectivity index (χ1n) is 9.02. The average molecular weight is 357 g/mol. The minimum atomic E-state index is -0.214. The molecular formula is C19H23N3O4. The Balaban J connectivity index is 1.35. The van der Waals surface area contributed by atoms with Crippen LogP contribution < -0.4 is 5.32 Å². The van der Waals surface area contributed by atoms with E-state index in [2.05, 4.69) is 15.4 Å². The van der Waals surface area contributed by atoms with Gasteiger partial charge in [-0.05, 0) is 12.8 Å². The zero-order chi connectivity index (χ0) is 17.9. The van der Waals surface area contributed by atoms with Crippen LogP contribution in [0.4, 0.5) is 0 Å². The Labute approximate surface area is 151 Å². The van der Waals surface area contributed by atoms with Crippen LogP contribution in [0, 0.1) is 0 Å². The van der Waals surface area contributed by atoms with Crippen LogP contribution in [-0.4, -0.2) is 65.6 Å². The summed E-state index contributed by atoms with van der Waals surface area (Å²) in [6.45, 7) is 2.39. The number of carbonyl (C=O) groups is 1. The number of amides is 1. The molecule has 0 bridgehead atoms. The molecule has 3 heterocycles. The molecular weight excluding hydrogens is 334 g/mol. The molecule has 2 N–H and O–H groups in total. The Morgan fingerprint density at radius 2 is 2.15 bits per heavy atom. The van der Waals surface area contributed by atoms with Gasteiger partial charge in [0.1, 0.15) is 0 Å². The maximum atomic E-state index is 12.5. The number of fused-ring (bicyclic) bond motifs is 1. The van der Waals surface area contributed by atoms with Gasteiger partial charge < -0.3 is 19.7 Å². The molecule has 4 rings (SSSR count). The fraction of sp³-hybridized carbons (Fsp3) is 0.474. The quantitative estimate of drug-likeness (QED) is 0.839. The summed E-state index contributed by atoms with van der Waals surface area (Å²) in [6, 6.07) is 11.7. The smallest absolute Gasteiger partial charge is 0.273 e. The molecule has 1 amide bonds. The molecule has 2 fully saturated rings. The van der Waals surface area contributed by atoms with Crippen molar-refractivity contribution in [1.82, 2.24) is 15.4 Å². The summed E-state index contributed by atoms with van der Waals surface area (Å²) >= 11 is 0. The van der Waals surface area contributed by atoms with Crippen molar-refractivity contribution < 1.29 is 19.2 Å². The fourth-order valence-electron chi connectivity index (χ4n) is 3.75. The molecule has 0 unspecified atom stereocenters. The topological polar surface area (TPSA) is 87.8 Å². The van der Waals surface area contributed by atoms with Gasteiger partial charge in [-0.1, -0.05) is 35.5 Å². The van der Waals surface area contributed by atoms with E-state index in [1.807, 2.05) is 30.3 Å². The van der Waals surface area contributed by atoms with Gasteiger partial charge in [-0.3, -0.25) is 9.69 Å². The molecule has 0 aliphatic carbocycles. The highest BCUT2D eigenvalue weighted by Gasteiger charge is 2.38. The number of aromatic nitrogens is 1. The second-order valence-electron chi connectivity index (χ2n) is 6.92. The van der Waals surface area contributed by atoms with Crippen LogP contribution in [0.3, 0.4) is 0 Å². The molecule has 7 heteroatoms. The first-order valence-corrected chi connectivity index (χ1v) is 9.02. The highest BCUT2D eigenvalue weighted by Crippen LogP contribution is 2.25. The minimum Gasteiger partial charge on any atom is -0.396 e. The van der Waals surface area contributed by atoms with Gasteiger partial charge in [0.2, 0.25) is 0 Å². The number of nitrogens with one attached hydrogen (secondary N) is 1. The molecule has 138 valence electrons.